The number of nitrogens with one attached hydrogen (secondary N) is 1. The molecule has 0 amide bonds. The summed E-state index contributed by atoms with van der Waals surface area (Å²) in [7, 11) is -1.32. The van der Waals surface area contributed by atoms with Gasteiger partial charge in [-0.05, 0) is 19.3 Å². The van der Waals surface area contributed by atoms with Gasteiger partial charge in [-0.25, -0.2) is 17.7 Å². The van der Waals surface area contributed by atoms with E-state index in [4.69, 9.17) is 23.2 Å². The smallest absolute Gasteiger partial charge is 0.229 e. The zero-order valence-corrected chi connectivity index (χ0v) is 18.3. The van der Waals surface area contributed by atoms with E-state index in [1.165, 1.54) is 10.6 Å². The van der Waals surface area contributed by atoms with Crippen molar-refractivity contribution in [3.8, 4) is 0 Å². The highest BCUT2D eigenvalue weighted by atomic mass is 35.5. The summed E-state index contributed by atoms with van der Waals surface area (Å²) in [6.07, 6.45) is 8.78. The first-order chi connectivity index (χ1) is 13.7. The van der Waals surface area contributed by atoms with Gasteiger partial charge in [0.25, 0.3) is 0 Å². The molecule has 1 fully saturated rings. The molecule has 1 N–H and O–H groups in total. The average Bonchev–Trinajstić information content (AvgIpc) is 3.01. The van der Waals surface area contributed by atoms with Gasteiger partial charge in [0.2, 0.25) is 16.0 Å². The molecule has 0 bridgehead atoms. The number of hydrogen-bond acceptors (Lipinski definition) is 6. The van der Waals surface area contributed by atoms with Crippen LogP contribution >= 0.6 is 23.2 Å². The molecule has 12 heteroatoms. The number of aromatic nitrogens is 5. The van der Waals surface area contributed by atoms with Crippen LogP contribution in [0.3, 0.4) is 0 Å². The van der Waals surface area contributed by atoms with Crippen LogP contribution in [0.15, 0.2) is 18.6 Å². The van der Waals surface area contributed by atoms with Crippen molar-refractivity contribution >= 4 is 55.9 Å². The Labute approximate surface area is 178 Å². The van der Waals surface area contributed by atoms with Gasteiger partial charge in [0.05, 0.1) is 34.6 Å². The van der Waals surface area contributed by atoms with Gasteiger partial charge in [-0.1, -0.05) is 23.2 Å². The lowest BCUT2D eigenvalue weighted by molar-refractivity contribution is 0.393. The lowest BCUT2D eigenvalue weighted by Gasteiger charge is -2.17. The van der Waals surface area contributed by atoms with Gasteiger partial charge in [-0.15, -0.1) is 0 Å². The monoisotopic (exact) mass is 457 g/mol. The number of rotatable bonds is 4. The zero-order chi connectivity index (χ0) is 20.8. The van der Waals surface area contributed by atoms with Crippen molar-refractivity contribution in [3.63, 3.8) is 0 Å². The molecule has 1 aliphatic rings. The molecular formula is C17H21Cl2N7O2S. The number of aryl methyl sites for hydroxylation is 1. The highest BCUT2D eigenvalue weighted by Gasteiger charge is 2.24. The van der Waals surface area contributed by atoms with Crippen LogP contribution in [0.1, 0.15) is 25.3 Å². The molecule has 1 unspecified atom stereocenters. The fraction of sp³-hybridized carbons (Fsp3) is 0.471. The highest BCUT2D eigenvalue weighted by Crippen LogP contribution is 2.30. The summed E-state index contributed by atoms with van der Waals surface area (Å²) in [5.41, 5.74) is 1.30. The summed E-state index contributed by atoms with van der Waals surface area (Å²) in [5, 5.41) is 9.20. The van der Waals surface area contributed by atoms with Crippen LogP contribution in [0, 0.1) is 0 Å². The van der Waals surface area contributed by atoms with Gasteiger partial charge >= 0.3 is 0 Å². The molecule has 1 aliphatic heterocycles. The lowest BCUT2D eigenvalue weighted by Crippen LogP contribution is -2.31. The van der Waals surface area contributed by atoms with Crippen molar-refractivity contribution in [2.75, 3.05) is 24.7 Å². The molecule has 0 radical (unpaired) electrons. The standard InChI is InChI=1S/C17H21Cl2N7O2S/c1-24-9-13(18)12-8-20-17(22-16(12)24)21-14-10-26(23-15(14)19)11-4-3-6-25(7-5-11)29(2,27)28/h8-11H,3-7H2,1-2H3,(H,20,21,22). The first-order valence-electron chi connectivity index (χ1n) is 9.17. The van der Waals surface area contributed by atoms with Crippen molar-refractivity contribution < 1.29 is 8.42 Å². The Morgan fingerprint density at radius 2 is 2.00 bits per heavy atom. The second-order valence-electron chi connectivity index (χ2n) is 7.20. The number of sulfonamides is 1. The average molecular weight is 458 g/mol. The quantitative estimate of drug-likeness (QED) is 0.645. The third-order valence-electron chi connectivity index (χ3n) is 5.10. The van der Waals surface area contributed by atoms with Crippen LogP contribution in [0.5, 0.6) is 0 Å². The van der Waals surface area contributed by atoms with Gasteiger partial charge in [0, 0.05) is 32.5 Å². The minimum atomic E-state index is -3.18. The molecule has 4 rings (SSSR count). The topological polar surface area (TPSA) is 97.9 Å². The largest absolute Gasteiger partial charge is 0.334 e. The molecule has 1 saturated heterocycles. The third kappa shape index (κ3) is 4.20. The van der Waals surface area contributed by atoms with E-state index in [1.54, 1.807) is 17.1 Å². The normalized spacial score (nSPS) is 18.8. The Hall–Kier alpha value is -1.88. The van der Waals surface area contributed by atoms with E-state index in [1.807, 2.05) is 17.8 Å². The van der Waals surface area contributed by atoms with Crippen LogP contribution in [0.4, 0.5) is 11.6 Å². The molecule has 29 heavy (non-hydrogen) atoms. The maximum atomic E-state index is 11.8. The minimum Gasteiger partial charge on any atom is -0.334 e. The SMILES string of the molecule is Cn1cc(Cl)c2cnc(Nc3cn(C4CCCN(S(C)(=O)=O)CC4)nc3Cl)nc21. The Morgan fingerprint density at radius 1 is 1.21 bits per heavy atom. The molecule has 1 atom stereocenters. The molecule has 3 aromatic heterocycles. The Balaban J connectivity index is 1.53. The van der Waals surface area contributed by atoms with Crippen molar-refractivity contribution in [1.82, 2.24) is 28.6 Å². The second-order valence-corrected chi connectivity index (χ2v) is 9.95. The van der Waals surface area contributed by atoms with Crippen molar-refractivity contribution in [2.24, 2.45) is 7.05 Å². The molecular weight excluding hydrogens is 437 g/mol. The summed E-state index contributed by atoms with van der Waals surface area (Å²) < 4.78 is 28.8. The summed E-state index contributed by atoms with van der Waals surface area (Å²) in [5.74, 6) is 0.390. The Morgan fingerprint density at radius 3 is 2.76 bits per heavy atom. The molecule has 0 spiro atoms. The Bertz CT molecular complexity index is 1160. The zero-order valence-electron chi connectivity index (χ0n) is 16.0. The molecule has 0 saturated carbocycles. The van der Waals surface area contributed by atoms with E-state index in [-0.39, 0.29) is 6.04 Å². The van der Waals surface area contributed by atoms with Gasteiger partial charge in [0.15, 0.2) is 5.15 Å². The fourth-order valence-corrected chi connectivity index (χ4v) is 4.94. The van der Waals surface area contributed by atoms with Crippen molar-refractivity contribution in [1.29, 1.82) is 0 Å². The molecule has 0 aromatic carbocycles. The predicted octanol–water partition coefficient (Wildman–Crippen LogP) is 3.20. The minimum absolute atomic E-state index is 0.0740. The third-order valence-corrected chi connectivity index (χ3v) is 6.98. The number of anilines is 2. The summed E-state index contributed by atoms with van der Waals surface area (Å²) in [4.78, 5) is 8.80. The highest BCUT2D eigenvalue weighted by molar-refractivity contribution is 7.88. The van der Waals surface area contributed by atoms with Crippen molar-refractivity contribution in [2.45, 2.75) is 25.3 Å². The first-order valence-corrected chi connectivity index (χ1v) is 11.8. The van der Waals surface area contributed by atoms with Crippen LogP contribution in [-0.2, 0) is 17.1 Å². The van der Waals surface area contributed by atoms with Gasteiger partial charge in [0.1, 0.15) is 5.65 Å². The molecule has 9 nitrogen and oxygen atoms in total. The van der Waals surface area contributed by atoms with E-state index in [2.05, 4.69) is 20.4 Å². The summed E-state index contributed by atoms with van der Waals surface area (Å²) in [6.45, 7) is 1.00. The molecule has 156 valence electrons. The van der Waals surface area contributed by atoms with E-state index in [0.717, 1.165) is 18.2 Å². The number of halogens is 2. The van der Waals surface area contributed by atoms with E-state index in [9.17, 15) is 8.42 Å². The van der Waals surface area contributed by atoms with E-state index in [0.29, 0.717) is 47.0 Å². The van der Waals surface area contributed by atoms with Gasteiger partial charge < -0.3 is 9.88 Å². The van der Waals surface area contributed by atoms with Crippen LogP contribution in [-0.4, -0.2) is 56.4 Å². The van der Waals surface area contributed by atoms with Crippen LogP contribution in [0.25, 0.3) is 11.0 Å². The summed E-state index contributed by atoms with van der Waals surface area (Å²) in [6, 6.07) is 0.0740. The second kappa shape index (κ2) is 7.75. The van der Waals surface area contributed by atoms with E-state index >= 15 is 0 Å². The fourth-order valence-electron chi connectivity index (χ4n) is 3.58. The van der Waals surface area contributed by atoms with Crippen LogP contribution in [0.2, 0.25) is 10.2 Å². The number of fused-ring (bicyclic) bond motifs is 1. The maximum Gasteiger partial charge on any atom is 0.229 e. The van der Waals surface area contributed by atoms with Crippen molar-refractivity contribution in [3.05, 3.63) is 28.8 Å². The number of hydrogen-bond donors (Lipinski definition) is 1. The maximum absolute atomic E-state index is 11.8. The first kappa shape index (κ1) is 20.4. The summed E-state index contributed by atoms with van der Waals surface area (Å²) >= 11 is 12.5. The predicted molar refractivity (Wildman–Crippen MR) is 113 cm³/mol. The molecule has 0 aliphatic carbocycles. The molecule has 3 aromatic rings. The van der Waals surface area contributed by atoms with Gasteiger partial charge in [-0.2, -0.15) is 10.1 Å². The lowest BCUT2D eigenvalue weighted by atomic mass is 10.1. The number of nitrogens with zero attached hydrogens (tertiary/aromatic N) is 6. The van der Waals surface area contributed by atoms with E-state index < -0.39 is 10.0 Å². The molecule has 4 heterocycles. The van der Waals surface area contributed by atoms with Crippen LogP contribution < -0.4 is 5.32 Å². The van der Waals surface area contributed by atoms with Gasteiger partial charge in [-0.3, -0.25) is 4.68 Å². The Kier molecular flexibility index (Phi) is 5.45.